The smallest absolute Gasteiger partial charge is 0.232 e. The number of nitrogens with zero attached hydrogens (tertiary/aromatic N) is 14. The fourth-order valence-electron chi connectivity index (χ4n) is 15.2. The van der Waals surface area contributed by atoms with Crippen LogP contribution in [-0.2, 0) is 20.9 Å². The lowest BCUT2D eigenvalue weighted by Crippen LogP contribution is -2.65. The summed E-state index contributed by atoms with van der Waals surface area (Å²) in [5, 5.41) is 39.0. The van der Waals surface area contributed by atoms with Crippen LogP contribution in [0.4, 0.5) is 29.7 Å². The summed E-state index contributed by atoms with van der Waals surface area (Å²) in [6, 6.07) is 0.297. The number of hydroxylamine groups is 6. The van der Waals surface area contributed by atoms with Crippen LogP contribution in [0.25, 0.3) is 0 Å². The molecule has 0 bridgehead atoms. The highest BCUT2D eigenvalue weighted by atomic mass is 16.7. The first-order valence-electron chi connectivity index (χ1n) is 36.9. The minimum absolute atomic E-state index is 0.0752. The Balaban J connectivity index is 1.58. The molecule has 0 aromatic carbocycles. The Bertz CT molecular complexity index is 2420. The Kier molecular flexibility index (Phi) is 29.3. The maximum absolute atomic E-state index is 10.9. The van der Waals surface area contributed by atoms with Crippen molar-refractivity contribution in [3.05, 3.63) is 5.82 Å². The van der Waals surface area contributed by atoms with E-state index in [1.54, 1.807) is 27.7 Å². The number of unbranched alkanes of at least 4 members (excludes halogenated alkanes) is 8. The van der Waals surface area contributed by atoms with E-state index < -0.39 is 27.9 Å². The van der Waals surface area contributed by atoms with Crippen LogP contribution >= 0.6 is 0 Å². The van der Waals surface area contributed by atoms with Gasteiger partial charge in [-0.05, 0) is 208 Å². The number of aryl methyl sites for hydroxylation is 1. The fraction of sp³-hybridized carbons (Fsp3) is 0.918. The molecule has 0 aliphatic carbocycles. The zero-order valence-electron chi connectivity index (χ0n) is 64.0. The van der Waals surface area contributed by atoms with E-state index in [1.807, 2.05) is 13.8 Å². The van der Waals surface area contributed by atoms with Gasteiger partial charge in [0.15, 0.2) is 0 Å². The highest BCUT2D eigenvalue weighted by Gasteiger charge is 2.52. The van der Waals surface area contributed by atoms with Crippen LogP contribution in [0.5, 0.6) is 0 Å². The SMILES string of the molecule is CCCCN(CCCC)c1nc(N(CCCC)CCCC)nc(N(CCCCCCN(c2nc(CC)nc(N(CCCC)C3CC(C)(C)N(OCC(C)(C)O)C(C)(C)C3)n2)C2CC(C)(C)N(OCC(C)(C)O)C(C)(C)C2)C2CC(C)(C)N(OCC(C)(C)O)C(C)(C)C2)n1. The summed E-state index contributed by atoms with van der Waals surface area (Å²) in [5.74, 6) is 4.62. The molecule has 5 rings (SSSR count). The summed E-state index contributed by atoms with van der Waals surface area (Å²) in [6.45, 7) is 58.2. The number of hydrogen-bond donors (Lipinski definition) is 3. The van der Waals surface area contributed by atoms with E-state index in [0.717, 1.165) is 210 Å². The summed E-state index contributed by atoms with van der Waals surface area (Å²) >= 11 is 0. The molecule has 0 spiro atoms. The van der Waals surface area contributed by atoms with Crippen LogP contribution in [-0.4, -0.2) is 194 Å². The summed E-state index contributed by atoms with van der Waals surface area (Å²) in [6.07, 6.45) is 20.2. The lowest BCUT2D eigenvalue weighted by Gasteiger charge is -2.56. The highest BCUT2D eigenvalue weighted by Crippen LogP contribution is 2.46. The first-order chi connectivity index (χ1) is 43.2. The number of hydrogen-bond acceptors (Lipinski definition) is 20. The van der Waals surface area contributed by atoms with Gasteiger partial charge < -0.3 is 39.8 Å². The van der Waals surface area contributed by atoms with Crippen molar-refractivity contribution in [2.24, 2.45) is 0 Å². The molecule has 538 valence electrons. The average molecular weight is 1310 g/mol. The molecule has 3 aliphatic heterocycles. The monoisotopic (exact) mass is 1310 g/mol. The van der Waals surface area contributed by atoms with E-state index in [-0.39, 0.29) is 60.1 Å². The molecular weight excluding hydrogens is 1170 g/mol. The summed E-state index contributed by atoms with van der Waals surface area (Å²) < 4.78 is 0. The van der Waals surface area contributed by atoms with Gasteiger partial charge in [-0.25, -0.2) is 0 Å². The van der Waals surface area contributed by atoms with Crippen LogP contribution in [0.3, 0.4) is 0 Å². The molecule has 0 radical (unpaired) electrons. The predicted octanol–water partition coefficient (Wildman–Crippen LogP) is 14.1. The first kappa shape index (κ1) is 80.3. The normalized spacial score (nSPS) is 19.9. The Labute approximate surface area is 567 Å². The van der Waals surface area contributed by atoms with Gasteiger partial charge in [-0.1, -0.05) is 86.5 Å². The quantitative estimate of drug-likeness (QED) is 0.0533. The maximum atomic E-state index is 10.9. The Morgan fingerprint density at radius 2 is 0.570 bits per heavy atom. The van der Waals surface area contributed by atoms with Crippen molar-refractivity contribution in [1.29, 1.82) is 0 Å². The number of aromatic nitrogens is 6. The molecule has 3 N–H and O–H groups in total. The second-order valence-corrected chi connectivity index (χ2v) is 33.9. The molecule has 93 heavy (non-hydrogen) atoms. The molecule has 0 unspecified atom stereocenters. The van der Waals surface area contributed by atoms with Crippen molar-refractivity contribution in [2.45, 2.75) is 369 Å². The second-order valence-electron chi connectivity index (χ2n) is 33.9. The molecule has 5 heterocycles. The van der Waals surface area contributed by atoms with Gasteiger partial charge in [0.2, 0.25) is 29.7 Å². The average Bonchev–Trinajstić information content (AvgIpc) is 0.771. The summed E-state index contributed by atoms with van der Waals surface area (Å²) in [5.41, 5.74) is -5.16. The van der Waals surface area contributed by atoms with E-state index in [0.29, 0.717) is 6.42 Å². The molecule has 0 atom stereocenters. The number of rotatable bonds is 40. The van der Waals surface area contributed by atoms with Crippen LogP contribution in [0, 0.1) is 0 Å². The lowest BCUT2D eigenvalue weighted by atomic mass is 9.78. The van der Waals surface area contributed by atoms with E-state index >= 15 is 0 Å². The molecule has 2 aromatic rings. The lowest BCUT2D eigenvalue weighted by molar-refractivity contribution is -0.298. The van der Waals surface area contributed by atoms with Crippen molar-refractivity contribution >= 4 is 29.7 Å². The predicted molar refractivity (Wildman–Crippen MR) is 384 cm³/mol. The van der Waals surface area contributed by atoms with Gasteiger partial charge in [-0.2, -0.15) is 45.1 Å². The van der Waals surface area contributed by atoms with Crippen molar-refractivity contribution in [3.63, 3.8) is 0 Å². The molecule has 3 aliphatic rings. The third kappa shape index (κ3) is 23.7. The van der Waals surface area contributed by atoms with Gasteiger partial charge in [-0.15, -0.1) is 0 Å². The van der Waals surface area contributed by atoms with Crippen molar-refractivity contribution < 1.29 is 29.8 Å². The molecule has 20 heteroatoms. The minimum Gasteiger partial charge on any atom is -0.388 e. The number of anilines is 5. The number of piperidine rings is 3. The molecule has 3 saturated heterocycles. The maximum Gasteiger partial charge on any atom is 0.232 e. The minimum atomic E-state index is -0.985. The van der Waals surface area contributed by atoms with Gasteiger partial charge in [0, 0.05) is 104 Å². The highest BCUT2D eigenvalue weighted by molar-refractivity contribution is 5.48. The first-order valence-corrected chi connectivity index (χ1v) is 36.9. The zero-order chi connectivity index (χ0) is 69.6. The van der Waals surface area contributed by atoms with Crippen LogP contribution < -0.4 is 24.5 Å². The molecule has 20 nitrogen and oxygen atoms in total. The Morgan fingerprint density at radius 1 is 0.344 bits per heavy atom. The standard InChI is InChI=1S/C73H140N14O6/c1-25-31-40-80(41-32-26-2)60-76-61(81(42-33-27-3)43-34-28-4)78-64(77-60)84(58-51-69(15,16)87(70(17,18)52-58)93-55-73(23,24)90)46-39-37-36-38-45-83(57-49-67(11,12)86(68(13,14)50-57)92-54-72(21,22)89)63-75-59(30-6)74-62(79-63)82(44-35-29-5)56-47-65(7,8)85(66(9,10)48-56)91-53-71(19,20)88/h56-58,88-90H,25-55H2,1-24H3. The topological polar surface area (TPSA) is 192 Å². The zero-order valence-corrected chi connectivity index (χ0v) is 64.0. The molecule has 0 saturated carbocycles. The third-order valence-corrected chi connectivity index (χ3v) is 19.0. The molecule has 0 amide bonds. The number of aliphatic hydroxyl groups is 3. The summed E-state index contributed by atoms with van der Waals surface area (Å²) in [7, 11) is 0. The largest absolute Gasteiger partial charge is 0.388 e. The van der Waals surface area contributed by atoms with E-state index in [2.05, 4.69) is 164 Å². The van der Waals surface area contributed by atoms with E-state index in [9.17, 15) is 15.3 Å². The van der Waals surface area contributed by atoms with E-state index in [4.69, 9.17) is 44.4 Å². The van der Waals surface area contributed by atoms with Crippen LogP contribution in [0.1, 0.15) is 300 Å². The van der Waals surface area contributed by atoms with E-state index in [1.165, 1.54) is 0 Å². The van der Waals surface area contributed by atoms with Crippen molar-refractivity contribution in [3.8, 4) is 0 Å². The van der Waals surface area contributed by atoms with Gasteiger partial charge in [-0.3, -0.25) is 14.5 Å². The Morgan fingerprint density at radius 3 is 0.817 bits per heavy atom. The van der Waals surface area contributed by atoms with Gasteiger partial charge in [0.1, 0.15) is 5.82 Å². The second kappa shape index (κ2) is 33.9. The fourth-order valence-corrected chi connectivity index (χ4v) is 15.2. The molecule has 3 fully saturated rings. The Hall–Kier alpha value is -3.34. The molecule has 2 aromatic heterocycles. The van der Waals surface area contributed by atoms with Crippen LogP contribution in [0.2, 0.25) is 0 Å². The van der Waals surface area contributed by atoms with Gasteiger partial charge >= 0.3 is 0 Å². The third-order valence-electron chi connectivity index (χ3n) is 19.0. The van der Waals surface area contributed by atoms with Crippen molar-refractivity contribution in [2.75, 3.05) is 90.1 Å². The van der Waals surface area contributed by atoms with Crippen LogP contribution in [0.15, 0.2) is 0 Å². The van der Waals surface area contributed by atoms with Crippen molar-refractivity contribution in [1.82, 2.24) is 45.1 Å². The summed E-state index contributed by atoms with van der Waals surface area (Å²) in [4.78, 5) is 65.1. The molecular formula is C73H140N14O6. The van der Waals surface area contributed by atoms with Gasteiger partial charge in [0.05, 0.1) is 36.6 Å². The van der Waals surface area contributed by atoms with Gasteiger partial charge in [0.25, 0.3) is 0 Å².